The zero-order valence-corrected chi connectivity index (χ0v) is 8.53. The van der Waals surface area contributed by atoms with Gasteiger partial charge < -0.3 is 4.74 Å². The lowest BCUT2D eigenvalue weighted by molar-refractivity contribution is 0.0540. The summed E-state index contributed by atoms with van der Waals surface area (Å²) in [5.74, 6) is 1.27. The topological polar surface area (TPSA) is 9.23 Å². The van der Waals surface area contributed by atoms with Gasteiger partial charge in [0.1, 0.15) is 0 Å². The quantitative estimate of drug-likeness (QED) is 0.568. The molecule has 0 saturated carbocycles. The Hall–Kier alpha value is 0.250. The number of halogens is 1. The van der Waals surface area contributed by atoms with Gasteiger partial charge in [-0.05, 0) is 26.2 Å². The average molecular weight is 179 g/mol. The van der Waals surface area contributed by atoms with Crippen molar-refractivity contribution in [2.45, 2.75) is 39.7 Å². The molecule has 0 aliphatic carbocycles. The monoisotopic (exact) mass is 178 g/mol. The second-order valence-electron chi connectivity index (χ2n) is 3.19. The molecule has 0 aromatic heterocycles. The third-order valence-electron chi connectivity index (χ3n) is 1.58. The Balaban J connectivity index is 3.35. The molecule has 0 aliphatic rings. The second kappa shape index (κ2) is 6.93. The molecule has 0 radical (unpaired) electrons. The Morgan fingerprint density at radius 3 is 2.36 bits per heavy atom. The van der Waals surface area contributed by atoms with Gasteiger partial charge in [0.2, 0.25) is 0 Å². The summed E-state index contributed by atoms with van der Waals surface area (Å²) < 4.78 is 5.46. The van der Waals surface area contributed by atoms with Crippen molar-refractivity contribution >= 4 is 11.6 Å². The first-order chi connectivity index (χ1) is 5.20. The van der Waals surface area contributed by atoms with Crippen LogP contribution in [0.4, 0.5) is 0 Å². The molecule has 0 fully saturated rings. The highest BCUT2D eigenvalue weighted by molar-refractivity contribution is 6.18. The minimum Gasteiger partial charge on any atom is -0.378 e. The molecule has 0 spiro atoms. The molecule has 0 aliphatic heterocycles. The summed E-state index contributed by atoms with van der Waals surface area (Å²) in [7, 11) is 0. The smallest absolute Gasteiger partial charge is 0.0519 e. The highest BCUT2D eigenvalue weighted by atomic mass is 35.5. The van der Waals surface area contributed by atoms with E-state index < -0.39 is 0 Å². The van der Waals surface area contributed by atoms with Crippen LogP contribution in [0.25, 0.3) is 0 Å². The summed E-state index contributed by atoms with van der Waals surface area (Å²) >= 11 is 5.75. The number of hydrogen-bond acceptors (Lipinski definition) is 1. The summed E-state index contributed by atoms with van der Waals surface area (Å²) in [5, 5.41) is 0. The molecule has 0 aromatic carbocycles. The Morgan fingerprint density at radius 1 is 1.36 bits per heavy atom. The fraction of sp³-hybridized carbons (Fsp3) is 1.00. The van der Waals surface area contributed by atoms with E-state index in [0.717, 1.165) is 12.5 Å². The Labute approximate surface area is 75.1 Å². The molecule has 1 atom stereocenters. The summed E-state index contributed by atoms with van der Waals surface area (Å²) in [5.41, 5.74) is 0. The van der Waals surface area contributed by atoms with E-state index in [1.807, 2.05) is 0 Å². The first-order valence-corrected chi connectivity index (χ1v) is 4.91. The predicted octanol–water partition coefficient (Wildman–Crippen LogP) is 3.07. The van der Waals surface area contributed by atoms with E-state index in [1.54, 1.807) is 0 Å². The third kappa shape index (κ3) is 6.64. The zero-order valence-electron chi connectivity index (χ0n) is 7.77. The maximum absolute atomic E-state index is 5.75. The molecule has 0 heterocycles. The molecule has 1 unspecified atom stereocenters. The van der Waals surface area contributed by atoms with Crippen molar-refractivity contribution in [1.82, 2.24) is 0 Å². The Bertz CT molecular complexity index is 83.6. The van der Waals surface area contributed by atoms with Gasteiger partial charge in [0.25, 0.3) is 0 Å². The zero-order chi connectivity index (χ0) is 8.69. The van der Waals surface area contributed by atoms with E-state index in [2.05, 4.69) is 20.8 Å². The van der Waals surface area contributed by atoms with Crippen molar-refractivity contribution in [3.63, 3.8) is 0 Å². The highest BCUT2D eigenvalue weighted by Gasteiger charge is 2.06. The van der Waals surface area contributed by atoms with Crippen LogP contribution < -0.4 is 0 Å². The summed E-state index contributed by atoms with van der Waals surface area (Å²) in [6.45, 7) is 7.10. The molecule has 0 rings (SSSR count). The van der Waals surface area contributed by atoms with Gasteiger partial charge in [0, 0.05) is 5.88 Å². The molecule has 0 N–H and O–H groups in total. The van der Waals surface area contributed by atoms with Gasteiger partial charge in [0.15, 0.2) is 0 Å². The molecule has 0 aromatic rings. The lowest BCUT2D eigenvalue weighted by Gasteiger charge is -2.14. The van der Waals surface area contributed by atoms with Crippen molar-refractivity contribution in [2.24, 2.45) is 5.92 Å². The van der Waals surface area contributed by atoms with Crippen LogP contribution in [-0.4, -0.2) is 18.6 Å². The van der Waals surface area contributed by atoms with Crippen LogP contribution in [0.3, 0.4) is 0 Å². The van der Waals surface area contributed by atoms with Crippen molar-refractivity contribution < 1.29 is 4.74 Å². The molecular formula is C9H19ClO. The average Bonchev–Trinajstić information content (AvgIpc) is 1.97. The van der Waals surface area contributed by atoms with Gasteiger partial charge in [-0.1, -0.05) is 13.3 Å². The van der Waals surface area contributed by atoms with Crippen LogP contribution >= 0.6 is 11.6 Å². The standard InChI is InChI=1S/C9H19ClO/c1-4-5-9(6-10)7-11-8(2)3/h8-9H,4-7H2,1-3H3. The first-order valence-electron chi connectivity index (χ1n) is 4.38. The molecule has 2 heteroatoms. The Kier molecular flexibility index (Phi) is 7.09. The second-order valence-corrected chi connectivity index (χ2v) is 3.50. The van der Waals surface area contributed by atoms with Crippen LogP contribution in [0, 0.1) is 5.92 Å². The van der Waals surface area contributed by atoms with Gasteiger partial charge in [-0.3, -0.25) is 0 Å². The number of alkyl halides is 1. The Morgan fingerprint density at radius 2 is 2.00 bits per heavy atom. The lowest BCUT2D eigenvalue weighted by atomic mass is 10.1. The van der Waals surface area contributed by atoms with Gasteiger partial charge in [0.05, 0.1) is 12.7 Å². The van der Waals surface area contributed by atoms with E-state index in [0.29, 0.717) is 12.0 Å². The minimum atomic E-state index is 0.331. The summed E-state index contributed by atoms with van der Waals surface area (Å²) in [4.78, 5) is 0. The van der Waals surface area contributed by atoms with Crippen LogP contribution in [0.1, 0.15) is 33.6 Å². The lowest BCUT2D eigenvalue weighted by Crippen LogP contribution is -2.14. The third-order valence-corrected chi connectivity index (χ3v) is 2.02. The number of rotatable bonds is 6. The van der Waals surface area contributed by atoms with E-state index in [4.69, 9.17) is 16.3 Å². The maximum atomic E-state index is 5.75. The molecular weight excluding hydrogens is 160 g/mol. The van der Waals surface area contributed by atoms with Gasteiger partial charge in [-0.25, -0.2) is 0 Å². The fourth-order valence-corrected chi connectivity index (χ4v) is 1.19. The highest BCUT2D eigenvalue weighted by Crippen LogP contribution is 2.09. The van der Waals surface area contributed by atoms with Crippen LogP contribution in [0.5, 0.6) is 0 Å². The van der Waals surface area contributed by atoms with Gasteiger partial charge in [-0.2, -0.15) is 0 Å². The van der Waals surface area contributed by atoms with Crippen LogP contribution in [0.15, 0.2) is 0 Å². The SMILES string of the molecule is CCCC(CCl)COC(C)C. The van der Waals surface area contributed by atoms with Crippen molar-refractivity contribution in [3.8, 4) is 0 Å². The van der Waals surface area contributed by atoms with Crippen molar-refractivity contribution in [2.75, 3.05) is 12.5 Å². The minimum absolute atomic E-state index is 0.331. The van der Waals surface area contributed by atoms with Gasteiger partial charge >= 0.3 is 0 Å². The number of ether oxygens (including phenoxy) is 1. The van der Waals surface area contributed by atoms with E-state index in [-0.39, 0.29) is 0 Å². The van der Waals surface area contributed by atoms with Crippen LogP contribution in [-0.2, 0) is 4.74 Å². The molecule has 0 saturated heterocycles. The van der Waals surface area contributed by atoms with Crippen molar-refractivity contribution in [3.05, 3.63) is 0 Å². The first kappa shape index (κ1) is 11.2. The summed E-state index contributed by atoms with van der Waals surface area (Å²) in [6, 6.07) is 0. The molecule has 68 valence electrons. The molecule has 11 heavy (non-hydrogen) atoms. The van der Waals surface area contributed by atoms with Crippen LogP contribution in [0.2, 0.25) is 0 Å². The molecule has 0 amide bonds. The van der Waals surface area contributed by atoms with E-state index >= 15 is 0 Å². The summed E-state index contributed by atoms with van der Waals surface area (Å²) in [6.07, 6.45) is 2.70. The molecule has 1 nitrogen and oxygen atoms in total. The largest absolute Gasteiger partial charge is 0.378 e. The van der Waals surface area contributed by atoms with E-state index in [9.17, 15) is 0 Å². The van der Waals surface area contributed by atoms with Gasteiger partial charge in [-0.15, -0.1) is 11.6 Å². The fourth-order valence-electron chi connectivity index (χ4n) is 0.942. The predicted molar refractivity (Wildman–Crippen MR) is 50.2 cm³/mol. The maximum Gasteiger partial charge on any atom is 0.0519 e. The van der Waals surface area contributed by atoms with Crippen molar-refractivity contribution in [1.29, 1.82) is 0 Å². The normalized spacial score (nSPS) is 13.9. The number of hydrogen-bond donors (Lipinski definition) is 0. The molecule has 0 bridgehead atoms. The van der Waals surface area contributed by atoms with E-state index in [1.165, 1.54) is 12.8 Å².